The van der Waals surface area contributed by atoms with Crippen LogP contribution in [0.1, 0.15) is 27.5 Å². The molecule has 1 amide bonds. The Morgan fingerprint density at radius 2 is 1.49 bits per heavy atom. The molecule has 182 valence electrons. The van der Waals surface area contributed by atoms with Gasteiger partial charge in [0.15, 0.2) is 6.61 Å². The number of nitro groups is 1. The van der Waals surface area contributed by atoms with E-state index in [-0.39, 0.29) is 11.3 Å². The van der Waals surface area contributed by atoms with Gasteiger partial charge in [0.05, 0.1) is 35.6 Å². The Balaban J connectivity index is 1.74. The molecular weight excluding hydrogens is 472 g/mol. The summed E-state index contributed by atoms with van der Waals surface area (Å²) in [5, 5.41) is 14.1. The van der Waals surface area contributed by atoms with E-state index in [9.17, 15) is 19.7 Å². The van der Waals surface area contributed by atoms with Gasteiger partial charge < -0.3 is 19.5 Å². The van der Waals surface area contributed by atoms with Crippen molar-refractivity contribution >= 4 is 29.3 Å². The molecule has 35 heavy (non-hydrogen) atoms. The Morgan fingerprint density at radius 3 is 1.94 bits per heavy atom. The largest absolute Gasteiger partial charge is 0.497 e. The fourth-order valence-electron chi connectivity index (χ4n) is 3.33. The second-order valence-electron chi connectivity index (χ2n) is 7.27. The van der Waals surface area contributed by atoms with Crippen LogP contribution in [-0.2, 0) is 9.53 Å². The fraction of sp³-hybridized carbons (Fsp3) is 0.200. The molecule has 0 heterocycles. The summed E-state index contributed by atoms with van der Waals surface area (Å²) < 4.78 is 15.5. The smallest absolute Gasteiger partial charge is 0.338 e. The average Bonchev–Trinajstić information content (AvgIpc) is 2.90. The maximum absolute atomic E-state index is 12.7. The zero-order valence-electron chi connectivity index (χ0n) is 19.3. The number of amides is 1. The van der Waals surface area contributed by atoms with Crippen LogP contribution in [-0.4, -0.2) is 43.9 Å². The quantitative estimate of drug-likeness (QED) is 0.190. The number of carbonyl (C=O) groups is 2. The summed E-state index contributed by atoms with van der Waals surface area (Å²) in [5.74, 6) is -0.0280. The number of rotatable bonds is 10. The summed E-state index contributed by atoms with van der Waals surface area (Å²) in [5.41, 5.74) is 1.37. The molecule has 0 spiro atoms. The lowest BCUT2D eigenvalue weighted by Gasteiger charge is -2.20. The zero-order valence-corrected chi connectivity index (χ0v) is 20.2. The number of carbonyl (C=O) groups excluding carboxylic acids is 2. The predicted octanol–water partition coefficient (Wildman–Crippen LogP) is 4.40. The number of benzene rings is 3. The molecule has 0 fully saturated rings. The van der Waals surface area contributed by atoms with E-state index in [0.717, 1.165) is 17.2 Å². The number of nitrogens with zero attached hydrogens (tertiary/aromatic N) is 1. The Hall–Kier alpha value is -4.05. The van der Waals surface area contributed by atoms with Crippen molar-refractivity contribution in [2.45, 2.75) is 10.9 Å². The van der Waals surface area contributed by atoms with Crippen molar-refractivity contribution in [1.82, 2.24) is 5.32 Å². The Bertz CT molecular complexity index is 1150. The van der Waals surface area contributed by atoms with Crippen LogP contribution in [0.4, 0.5) is 5.69 Å². The SMILES string of the molecule is COc1ccc(C(NC(=O)COC(=O)c2ccc(SC)c([N+](=O)[O-])c2)c2ccc(OC)cc2)cc1. The number of ether oxygens (including phenoxy) is 3. The van der Waals surface area contributed by atoms with Crippen molar-refractivity contribution < 1.29 is 28.7 Å². The molecular formula is C25H24N2O7S. The third-order valence-electron chi connectivity index (χ3n) is 5.15. The Labute approximate surface area is 206 Å². The number of nitro benzene ring substituents is 1. The van der Waals surface area contributed by atoms with E-state index >= 15 is 0 Å². The van der Waals surface area contributed by atoms with Gasteiger partial charge in [-0.3, -0.25) is 14.9 Å². The number of nitrogens with one attached hydrogen (secondary N) is 1. The molecule has 0 atom stereocenters. The summed E-state index contributed by atoms with van der Waals surface area (Å²) in [7, 11) is 3.13. The van der Waals surface area contributed by atoms with Crippen molar-refractivity contribution in [2.75, 3.05) is 27.1 Å². The van der Waals surface area contributed by atoms with Crippen molar-refractivity contribution in [3.63, 3.8) is 0 Å². The van der Waals surface area contributed by atoms with Crippen LogP contribution >= 0.6 is 11.8 Å². The minimum atomic E-state index is -0.832. The molecule has 1 N–H and O–H groups in total. The monoisotopic (exact) mass is 496 g/mol. The molecule has 0 saturated heterocycles. The lowest BCUT2D eigenvalue weighted by atomic mass is 9.98. The molecule has 0 aliphatic rings. The highest BCUT2D eigenvalue weighted by Crippen LogP contribution is 2.29. The molecule has 0 aliphatic heterocycles. The Kier molecular flexibility index (Phi) is 8.69. The molecule has 0 unspecified atom stereocenters. The average molecular weight is 497 g/mol. The molecule has 0 bridgehead atoms. The van der Waals surface area contributed by atoms with Gasteiger partial charge in [-0.05, 0) is 53.8 Å². The van der Waals surface area contributed by atoms with E-state index in [1.165, 1.54) is 23.9 Å². The van der Waals surface area contributed by atoms with Crippen LogP contribution in [0.2, 0.25) is 0 Å². The summed E-state index contributed by atoms with van der Waals surface area (Å²) in [6, 6.07) is 17.9. The summed E-state index contributed by atoms with van der Waals surface area (Å²) in [6.45, 7) is -0.556. The molecule has 0 saturated carbocycles. The lowest BCUT2D eigenvalue weighted by Crippen LogP contribution is -2.33. The van der Waals surface area contributed by atoms with Gasteiger partial charge in [0.2, 0.25) is 0 Å². The van der Waals surface area contributed by atoms with Gasteiger partial charge in [-0.2, -0.15) is 0 Å². The van der Waals surface area contributed by atoms with E-state index in [4.69, 9.17) is 14.2 Å². The highest BCUT2D eigenvalue weighted by molar-refractivity contribution is 7.98. The first-order chi connectivity index (χ1) is 16.9. The fourth-order valence-corrected chi connectivity index (χ4v) is 3.88. The highest BCUT2D eigenvalue weighted by Gasteiger charge is 2.21. The number of hydrogen-bond acceptors (Lipinski definition) is 8. The van der Waals surface area contributed by atoms with Crippen molar-refractivity contribution in [3.05, 3.63) is 93.5 Å². The maximum atomic E-state index is 12.7. The predicted molar refractivity (Wildman–Crippen MR) is 131 cm³/mol. The highest BCUT2D eigenvalue weighted by atomic mass is 32.2. The second kappa shape index (κ2) is 11.9. The van der Waals surface area contributed by atoms with Gasteiger partial charge in [0, 0.05) is 6.07 Å². The van der Waals surface area contributed by atoms with Crippen LogP contribution in [0.15, 0.2) is 71.6 Å². The first-order valence-electron chi connectivity index (χ1n) is 10.4. The van der Waals surface area contributed by atoms with Crippen LogP contribution < -0.4 is 14.8 Å². The number of thioether (sulfide) groups is 1. The summed E-state index contributed by atoms with van der Waals surface area (Å²) >= 11 is 1.20. The standard InChI is InChI=1S/C25H24N2O7S/c1-32-19-9-4-16(5-10-19)24(17-6-11-20(33-2)12-7-17)26-23(28)15-34-25(29)18-8-13-22(35-3)21(14-18)27(30)31/h4-14,24H,15H2,1-3H3,(H,26,28). The molecule has 3 aromatic carbocycles. The first-order valence-corrected chi connectivity index (χ1v) is 11.7. The number of esters is 1. The second-order valence-corrected chi connectivity index (χ2v) is 8.11. The van der Waals surface area contributed by atoms with E-state index in [2.05, 4.69) is 5.32 Å². The Morgan fingerprint density at radius 1 is 0.943 bits per heavy atom. The topological polar surface area (TPSA) is 117 Å². The van der Waals surface area contributed by atoms with Gasteiger partial charge in [-0.25, -0.2) is 4.79 Å². The minimum Gasteiger partial charge on any atom is -0.497 e. The van der Waals surface area contributed by atoms with Crippen molar-refractivity contribution in [2.24, 2.45) is 0 Å². The molecule has 0 aliphatic carbocycles. The molecule has 3 aromatic rings. The van der Waals surface area contributed by atoms with Crippen LogP contribution in [0.25, 0.3) is 0 Å². The third-order valence-corrected chi connectivity index (χ3v) is 5.93. The van der Waals surface area contributed by atoms with Crippen molar-refractivity contribution in [1.29, 1.82) is 0 Å². The van der Waals surface area contributed by atoms with Gasteiger partial charge in [-0.15, -0.1) is 11.8 Å². The van der Waals surface area contributed by atoms with Crippen LogP contribution in [0.5, 0.6) is 11.5 Å². The number of hydrogen-bond donors (Lipinski definition) is 1. The summed E-state index contributed by atoms with van der Waals surface area (Å²) in [6.07, 6.45) is 1.70. The minimum absolute atomic E-state index is 0.0100. The summed E-state index contributed by atoms with van der Waals surface area (Å²) in [4.78, 5) is 36.2. The van der Waals surface area contributed by atoms with Gasteiger partial charge in [0.1, 0.15) is 11.5 Å². The van der Waals surface area contributed by atoms with E-state index in [1.54, 1.807) is 44.7 Å². The zero-order chi connectivity index (χ0) is 25.4. The van der Waals surface area contributed by atoms with E-state index in [0.29, 0.717) is 16.4 Å². The normalized spacial score (nSPS) is 10.5. The molecule has 0 radical (unpaired) electrons. The van der Waals surface area contributed by atoms with Gasteiger partial charge in [0.25, 0.3) is 11.6 Å². The number of methoxy groups -OCH3 is 2. The first kappa shape index (κ1) is 25.6. The van der Waals surface area contributed by atoms with Crippen molar-refractivity contribution in [3.8, 4) is 11.5 Å². The maximum Gasteiger partial charge on any atom is 0.338 e. The van der Waals surface area contributed by atoms with Gasteiger partial charge >= 0.3 is 5.97 Å². The molecule has 3 rings (SSSR count). The third kappa shape index (κ3) is 6.51. The molecule has 9 nitrogen and oxygen atoms in total. The molecule has 10 heteroatoms. The lowest BCUT2D eigenvalue weighted by molar-refractivity contribution is -0.387. The van der Waals surface area contributed by atoms with Gasteiger partial charge in [-0.1, -0.05) is 24.3 Å². The van der Waals surface area contributed by atoms with Crippen LogP contribution in [0.3, 0.4) is 0 Å². The van der Waals surface area contributed by atoms with E-state index < -0.39 is 29.4 Å². The van der Waals surface area contributed by atoms with Crippen LogP contribution in [0, 0.1) is 10.1 Å². The van der Waals surface area contributed by atoms with E-state index in [1.807, 2.05) is 24.3 Å². The molecule has 0 aromatic heterocycles.